The molecule has 0 bridgehead atoms. The van der Waals surface area contributed by atoms with Crippen molar-refractivity contribution in [3.63, 3.8) is 0 Å². The second-order valence-electron chi connectivity index (χ2n) is 8.14. The average molecular weight is 396 g/mol. The quantitative estimate of drug-likeness (QED) is 0.568. The van der Waals surface area contributed by atoms with Crippen LogP contribution in [0.15, 0.2) is 35.9 Å². The molecular weight excluding hydrogens is 367 g/mol. The molecule has 156 valence electrons. The van der Waals surface area contributed by atoms with E-state index in [0.29, 0.717) is 5.56 Å². The monoisotopic (exact) mass is 396 g/mol. The summed E-state index contributed by atoms with van der Waals surface area (Å²) < 4.78 is 29.8. The van der Waals surface area contributed by atoms with Gasteiger partial charge in [-0.05, 0) is 64.0 Å². The topological polar surface area (TPSA) is 85.2 Å². The van der Waals surface area contributed by atoms with E-state index in [1.165, 1.54) is 30.3 Å². The highest BCUT2D eigenvalue weighted by Crippen LogP contribution is 2.32. The molecule has 0 aliphatic carbocycles. The number of carbonyl (C=O) groups is 1. The Balaban J connectivity index is 2.22. The van der Waals surface area contributed by atoms with Crippen molar-refractivity contribution in [2.45, 2.75) is 65.3 Å². The number of halogens is 1. The first-order valence-electron chi connectivity index (χ1n) is 9.30. The predicted octanol–water partition coefficient (Wildman–Crippen LogP) is 2.89. The van der Waals surface area contributed by atoms with Crippen LogP contribution in [0.25, 0.3) is 0 Å². The van der Waals surface area contributed by atoms with Crippen molar-refractivity contribution < 1.29 is 33.6 Å². The summed E-state index contributed by atoms with van der Waals surface area (Å²) in [6.45, 7) is 8.63. The van der Waals surface area contributed by atoms with Crippen molar-refractivity contribution in [2.24, 2.45) is 5.41 Å². The number of aliphatic hydroxyl groups excluding tert-OH is 2. The lowest BCUT2D eigenvalue weighted by molar-refractivity contribution is -0.205. The lowest BCUT2D eigenvalue weighted by atomic mass is 9.92. The summed E-state index contributed by atoms with van der Waals surface area (Å²) in [5.74, 6) is -0.856. The first-order valence-corrected chi connectivity index (χ1v) is 9.30. The van der Waals surface area contributed by atoms with Gasteiger partial charge in [-0.2, -0.15) is 0 Å². The Bertz CT molecular complexity index is 692. The average Bonchev–Trinajstić information content (AvgIpc) is 2.60. The Hall–Kier alpha value is -1.80. The van der Waals surface area contributed by atoms with Crippen LogP contribution in [0.4, 0.5) is 4.39 Å². The van der Waals surface area contributed by atoms with Crippen LogP contribution < -0.4 is 0 Å². The number of hydrogen-bond donors (Lipinski definition) is 2. The lowest BCUT2D eigenvalue weighted by Crippen LogP contribution is -2.45. The van der Waals surface area contributed by atoms with Crippen molar-refractivity contribution in [1.82, 2.24) is 0 Å². The molecule has 4 atom stereocenters. The number of rotatable bonds is 6. The molecule has 1 aromatic carbocycles. The molecule has 6 nitrogen and oxygen atoms in total. The molecule has 1 aliphatic heterocycles. The third kappa shape index (κ3) is 5.85. The van der Waals surface area contributed by atoms with E-state index in [0.717, 1.165) is 0 Å². The number of ether oxygens (including phenoxy) is 3. The van der Waals surface area contributed by atoms with Crippen LogP contribution in [0, 0.1) is 11.2 Å². The summed E-state index contributed by atoms with van der Waals surface area (Å²) in [5.41, 5.74) is -0.0256. The summed E-state index contributed by atoms with van der Waals surface area (Å²) in [7, 11) is 0. The van der Waals surface area contributed by atoms with Crippen molar-refractivity contribution >= 4 is 5.97 Å². The Morgan fingerprint density at radius 2 is 1.86 bits per heavy atom. The van der Waals surface area contributed by atoms with Crippen molar-refractivity contribution in [2.75, 3.05) is 6.61 Å². The SMILES string of the molecule is CC(C)O[C@@H]1C=C([C@H](O)c2ccc(F)cc2)[C@H](O)[C@@H](COC(=O)C(C)(C)C)O1. The van der Waals surface area contributed by atoms with Crippen LogP contribution in [0.2, 0.25) is 0 Å². The summed E-state index contributed by atoms with van der Waals surface area (Å²) in [6.07, 6.45) is -2.81. The fraction of sp³-hybridized carbons (Fsp3) is 0.571. The number of aliphatic hydroxyl groups is 2. The number of carbonyl (C=O) groups excluding carboxylic acids is 1. The van der Waals surface area contributed by atoms with E-state index < -0.39 is 41.8 Å². The zero-order valence-corrected chi connectivity index (χ0v) is 16.9. The molecule has 2 rings (SSSR count). The maximum Gasteiger partial charge on any atom is 0.311 e. The van der Waals surface area contributed by atoms with Crippen LogP contribution in [0.5, 0.6) is 0 Å². The van der Waals surface area contributed by atoms with Gasteiger partial charge in [0.2, 0.25) is 0 Å². The second kappa shape index (κ2) is 9.13. The Labute approximate surface area is 164 Å². The largest absolute Gasteiger partial charge is 0.462 e. The Morgan fingerprint density at radius 1 is 1.25 bits per heavy atom. The van der Waals surface area contributed by atoms with Gasteiger partial charge >= 0.3 is 5.97 Å². The normalized spacial score (nSPS) is 24.0. The van der Waals surface area contributed by atoms with E-state index >= 15 is 0 Å². The van der Waals surface area contributed by atoms with E-state index in [1.807, 2.05) is 13.8 Å². The molecule has 0 saturated heterocycles. The first-order chi connectivity index (χ1) is 13.0. The summed E-state index contributed by atoms with van der Waals surface area (Å²) in [6, 6.07) is 5.34. The maximum atomic E-state index is 13.2. The van der Waals surface area contributed by atoms with Crippen molar-refractivity contribution in [3.8, 4) is 0 Å². The zero-order chi connectivity index (χ0) is 21.1. The van der Waals surface area contributed by atoms with Gasteiger partial charge in [0, 0.05) is 0 Å². The van der Waals surface area contributed by atoms with Crippen LogP contribution in [0.3, 0.4) is 0 Å². The third-order valence-corrected chi connectivity index (χ3v) is 4.23. The van der Waals surface area contributed by atoms with Gasteiger partial charge in [-0.15, -0.1) is 0 Å². The molecule has 28 heavy (non-hydrogen) atoms. The number of hydrogen-bond acceptors (Lipinski definition) is 6. The van der Waals surface area contributed by atoms with Gasteiger partial charge < -0.3 is 24.4 Å². The van der Waals surface area contributed by atoms with Gasteiger partial charge in [-0.1, -0.05) is 12.1 Å². The van der Waals surface area contributed by atoms with E-state index in [4.69, 9.17) is 14.2 Å². The van der Waals surface area contributed by atoms with Gasteiger partial charge in [0.15, 0.2) is 6.29 Å². The third-order valence-electron chi connectivity index (χ3n) is 4.23. The molecule has 7 heteroatoms. The van der Waals surface area contributed by atoms with Crippen LogP contribution >= 0.6 is 0 Å². The number of benzene rings is 1. The molecule has 2 N–H and O–H groups in total. The molecule has 0 aromatic heterocycles. The van der Waals surface area contributed by atoms with E-state index in [-0.39, 0.29) is 18.3 Å². The molecule has 0 fully saturated rings. The van der Waals surface area contributed by atoms with Gasteiger partial charge in [0.05, 0.1) is 11.5 Å². The molecule has 0 spiro atoms. The smallest absolute Gasteiger partial charge is 0.311 e. The molecule has 0 unspecified atom stereocenters. The van der Waals surface area contributed by atoms with Crippen LogP contribution in [-0.4, -0.2) is 47.4 Å². The minimum absolute atomic E-state index is 0.168. The summed E-state index contributed by atoms with van der Waals surface area (Å²) in [5, 5.41) is 21.4. The van der Waals surface area contributed by atoms with E-state index in [9.17, 15) is 19.4 Å². The Kier molecular flexibility index (Phi) is 7.33. The standard InChI is InChI=1S/C21H29FO6/c1-12(2)27-17-10-15(18(23)13-6-8-14(22)9-7-13)19(24)16(28-17)11-26-20(25)21(3,4)5/h6-10,12,16-19,23-24H,11H2,1-5H3/t16-,17+,18-,19+/m1/s1. The minimum atomic E-state index is -1.22. The van der Waals surface area contributed by atoms with Crippen LogP contribution in [0.1, 0.15) is 46.3 Å². The van der Waals surface area contributed by atoms with Crippen molar-refractivity contribution in [1.29, 1.82) is 0 Å². The lowest BCUT2D eigenvalue weighted by Gasteiger charge is -2.36. The molecule has 1 heterocycles. The molecule has 0 radical (unpaired) electrons. The molecule has 1 aliphatic rings. The summed E-state index contributed by atoms with van der Waals surface area (Å²) in [4.78, 5) is 12.1. The fourth-order valence-electron chi connectivity index (χ4n) is 2.69. The summed E-state index contributed by atoms with van der Waals surface area (Å²) >= 11 is 0. The number of esters is 1. The Morgan fingerprint density at radius 3 is 2.39 bits per heavy atom. The maximum absolute atomic E-state index is 13.2. The minimum Gasteiger partial charge on any atom is -0.462 e. The highest BCUT2D eigenvalue weighted by molar-refractivity contribution is 5.75. The van der Waals surface area contributed by atoms with Gasteiger partial charge in [-0.25, -0.2) is 4.39 Å². The second-order valence-corrected chi connectivity index (χ2v) is 8.14. The van der Waals surface area contributed by atoms with Crippen molar-refractivity contribution in [3.05, 3.63) is 47.3 Å². The molecule has 0 saturated carbocycles. The predicted molar refractivity (Wildman–Crippen MR) is 101 cm³/mol. The highest BCUT2D eigenvalue weighted by Gasteiger charge is 2.37. The van der Waals surface area contributed by atoms with Crippen LogP contribution in [-0.2, 0) is 19.0 Å². The van der Waals surface area contributed by atoms with E-state index in [1.54, 1.807) is 20.8 Å². The molecule has 0 amide bonds. The molecular formula is C21H29FO6. The van der Waals surface area contributed by atoms with Gasteiger partial charge in [-0.3, -0.25) is 4.79 Å². The van der Waals surface area contributed by atoms with E-state index in [2.05, 4.69) is 0 Å². The van der Waals surface area contributed by atoms with Gasteiger partial charge in [0.25, 0.3) is 0 Å². The highest BCUT2D eigenvalue weighted by atomic mass is 19.1. The fourth-order valence-corrected chi connectivity index (χ4v) is 2.69. The zero-order valence-electron chi connectivity index (χ0n) is 16.9. The first kappa shape index (κ1) is 22.5. The van der Waals surface area contributed by atoms with Gasteiger partial charge in [0.1, 0.15) is 30.7 Å². The molecule has 1 aromatic rings.